The number of nitro benzene ring substituents is 1. The van der Waals surface area contributed by atoms with Gasteiger partial charge in [0.2, 0.25) is 5.52 Å². The van der Waals surface area contributed by atoms with Gasteiger partial charge in [0.1, 0.15) is 0 Å². The second-order valence-electron chi connectivity index (χ2n) is 3.19. The summed E-state index contributed by atoms with van der Waals surface area (Å²) in [5.74, 6) is -1.26. The Morgan fingerprint density at radius 2 is 1.58 bits per heavy atom. The van der Waals surface area contributed by atoms with Crippen LogP contribution in [-0.4, -0.2) is 15.2 Å². The summed E-state index contributed by atoms with van der Waals surface area (Å²) in [4.78, 5) is 9.18. The predicted molar refractivity (Wildman–Crippen MR) is 45.6 cm³/mol. The smallest absolute Gasteiger partial charge is 0.865 e. The molecule has 3 rings (SSSR count). The van der Waals surface area contributed by atoms with Gasteiger partial charge in [0, 0.05) is 5.75 Å². The monoisotopic (exact) mass is 293 g/mol. The number of benzene rings is 1. The van der Waals surface area contributed by atoms with E-state index in [1.54, 1.807) is 0 Å². The van der Waals surface area contributed by atoms with Crippen LogP contribution in [0.1, 0.15) is 0 Å². The normalized spacial score (nSPS) is 10.7. The molecule has 3 aromatic rings. The molecule has 2 heterocycles. The van der Waals surface area contributed by atoms with Crippen molar-refractivity contribution in [2.75, 3.05) is 0 Å². The Hall–Kier alpha value is -1.54. The Balaban J connectivity index is 0.00000133. The molecule has 19 heavy (non-hydrogen) atoms. The fourth-order valence-electron chi connectivity index (χ4n) is 1.59. The first-order chi connectivity index (χ1) is 8.52. The molecule has 0 fully saturated rings. The van der Waals surface area contributed by atoms with Crippen LogP contribution >= 0.6 is 0 Å². The molecule has 0 saturated carbocycles. The van der Waals surface area contributed by atoms with Crippen molar-refractivity contribution >= 4 is 27.8 Å². The maximum absolute atomic E-state index is 11.7. The Kier molecular flexibility index (Phi) is 3.31. The summed E-state index contributed by atoms with van der Waals surface area (Å²) in [6.45, 7) is 0. The molecule has 0 saturated heterocycles. The molecule has 0 unspecified atom stereocenters. The molecule has 1 aromatic carbocycles. The molecule has 12 nitrogen and oxygen atoms in total. The molecule has 0 N–H and O–H groups in total. The van der Waals surface area contributed by atoms with Crippen molar-refractivity contribution < 1.29 is 80.5 Å². The molecule has 0 aliphatic rings. The van der Waals surface area contributed by atoms with Gasteiger partial charge in [-0.2, -0.15) is 0 Å². The summed E-state index contributed by atoms with van der Waals surface area (Å²) >= 11 is 0. The Morgan fingerprint density at radius 1 is 1.05 bits per heavy atom. The number of nitro groups is 1. The molecule has 0 amide bonds. The molecule has 0 aliphatic carbocycles. The zero-order valence-corrected chi connectivity index (χ0v) is 12.2. The minimum Gasteiger partial charge on any atom is -0.865 e. The van der Waals surface area contributed by atoms with Crippen molar-refractivity contribution in [3.8, 4) is 5.75 Å². The summed E-state index contributed by atoms with van der Waals surface area (Å²) in [6, 6.07) is 0. The van der Waals surface area contributed by atoms with Crippen molar-refractivity contribution in [2.24, 2.45) is 0 Å². The van der Waals surface area contributed by atoms with E-state index in [2.05, 4.69) is 19.6 Å². The predicted octanol–water partition coefficient (Wildman–Crippen LogP) is -4.78. The second-order valence-corrected chi connectivity index (χ2v) is 3.19. The van der Waals surface area contributed by atoms with Crippen LogP contribution in [0.4, 0.5) is 5.69 Å². The zero-order chi connectivity index (χ0) is 13.0. The average Bonchev–Trinajstić information content (AvgIpc) is 2.83. The van der Waals surface area contributed by atoms with Crippen LogP contribution in [0.3, 0.4) is 0 Å². The van der Waals surface area contributed by atoms with Gasteiger partial charge >= 0.3 is 68.1 Å². The zero-order valence-electron chi connectivity index (χ0n) is 9.09. The Bertz CT molecular complexity index is 809. The maximum atomic E-state index is 11.7. The van der Waals surface area contributed by atoms with Gasteiger partial charge in [-0.25, -0.2) is 0 Å². The number of rotatable bonds is 1. The van der Waals surface area contributed by atoms with Crippen molar-refractivity contribution in [1.82, 2.24) is 10.3 Å². The number of hydrogen-bond donors (Lipinski definition) is 0. The van der Waals surface area contributed by atoms with E-state index in [9.17, 15) is 25.6 Å². The van der Waals surface area contributed by atoms with E-state index in [-0.39, 0.29) is 61.2 Å². The van der Waals surface area contributed by atoms with E-state index in [0.29, 0.717) is 0 Å². The summed E-state index contributed by atoms with van der Waals surface area (Å²) in [5, 5.41) is 51.2. The first-order valence-electron chi connectivity index (χ1n) is 4.28. The SMILES string of the molecule is O=[N+]([O-])c1c([O-])c2c(no[n+]2[O-])c2c1no[n+]2[O-].[K+]. The van der Waals surface area contributed by atoms with E-state index >= 15 is 0 Å². The van der Waals surface area contributed by atoms with E-state index in [4.69, 9.17) is 0 Å². The number of hydrogen-bond acceptors (Lipinski definition) is 9. The van der Waals surface area contributed by atoms with Gasteiger partial charge in [-0.05, 0) is 9.81 Å². The van der Waals surface area contributed by atoms with Crippen LogP contribution in [0, 0.1) is 20.5 Å². The molecule has 92 valence electrons. The molecule has 0 spiro atoms. The fraction of sp³-hybridized carbons (Fsp3) is 0. The van der Waals surface area contributed by atoms with Gasteiger partial charge in [0.25, 0.3) is 5.52 Å². The topological polar surface area (TPSA) is 172 Å². The van der Waals surface area contributed by atoms with Crippen LogP contribution in [0.25, 0.3) is 22.1 Å². The van der Waals surface area contributed by atoms with Crippen molar-refractivity contribution in [3.05, 3.63) is 20.5 Å². The van der Waals surface area contributed by atoms with Crippen molar-refractivity contribution in [2.45, 2.75) is 0 Å². The largest absolute Gasteiger partial charge is 1.00 e. The van der Waals surface area contributed by atoms with E-state index in [0.717, 1.165) is 0 Å². The molecule has 2 aromatic heterocycles. The summed E-state index contributed by atoms with van der Waals surface area (Å²) in [5.41, 5.74) is -3.38. The number of aromatic nitrogens is 4. The van der Waals surface area contributed by atoms with Gasteiger partial charge < -0.3 is 15.5 Å². The second kappa shape index (κ2) is 4.53. The van der Waals surface area contributed by atoms with Gasteiger partial charge in [0.05, 0.1) is 15.2 Å². The van der Waals surface area contributed by atoms with Gasteiger partial charge in [-0.15, -0.1) is 0 Å². The van der Waals surface area contributed by atoms with Crippen LogP contribution in [0.15, 0.2) is 9.26 Å². The quantitative estimate of drug-likeness (QED) is 0.184. The minimum atomic E-state index is -1.26. The summed E-state index contributed by atoms with van der Waals surface area (Å²) < 4.78 is 8.28. The van der Waals surface area contributed by atoms with Crippen LogP contribution in [0.2, 0.25) is 0 Å². The molecular formula is C6KN5O7. The maximum Gasteiger partial charge on any atom is 1.00 e. The molecule has 0 aliphatic heterocycles. The molecule has 0 bridgehead atoms. The molecule has 0 radical (unpaired) electrons. The third kappa shape index (κ3) is 1.74. The molecule has 13 heteroatoms. The van der Waals surface area contributed by atoms with Crippen LogP contribution < -0.4 is 66.3 Å². The Labute approximate surface area is 143 Å². The van der Waals surface area contributed by atoms with Crippen molar-refractivity contribution in [1.29, 1.82) is 0 Å². The van der Waals surface area contributed by atoms with Crippen molar-refractivity contribution in [3.63, 3.8) is 0 Å². The number of fused-ring (bicyclic) bond motifs is 3. The minimum absolute atomic E-state index is 0. The first-order valence-corrected chi connectivity index (χ1v) is 4.28. The average molecular weight is 293 g/mol. The summed E-state index contributed by atoms with van der Waals surface area (Å²) in [6.07, 6.45) is 0. The fourth-order valence-corrected chi connectivity index (χ4v) is 1.59. The van der Waals surface area contributed by atoms with Gasteiger partial charge in [0.15, 0.2) is 0 Å². The summed E-state index contributed by atoms with van der Waals surface area (Å²) in [7, 11) is 0. The Morgan fingerprint density at radius 3 is 2.16 bits per heavy atom. The molecular weight excluding hydrogens is 293 g/mol. The standard InChI is InChI=1S/C6HN5O7.K/c12-6-4(9(13)14)1-3(10(15)17-7-1)2-5(6)11(16)18-8-2;/h12H;/q;+1/p-1. The van der Waals surface area contributed by atoms with E-state index < -0.39 is 38.4 Å². The van der Waals surface area contributed by atoms with Gasteiger partial charge in [-0.1, -0.05) is 0 Å². The van der Waals surface area contributed by atoms with Crippen LogP contribution in [0.5, 0.6) is 5.75 Å². The number of nitrogens with zero attached hydrogens (tertiary/aromatic N) is 5. The molecule has 0 atom stereocenters. The van der Waals surface area contributed by atoms with E-state index in [1.807, 2.05) is 0 Å². The van der Waals surface area contributed by atoms with E-state index in [1.165, 1.54) is 0 Å². The van der Waals surface area contributed by atoms with Crippen LogP contribution in [-0.2, 0) is 0 Å². The third-order valence-electron chi connectivity index (χ3n) is 2.29. The van der Waals surface area contributed by atoms with Gasteiger partial charge in [-0.3, -0.25) is 19.4 Å². The third-order valence-corrected chi connectivity index (χ3v) is 2.29. The first kappa shape index (κ1) is 13.9.